The molecule has 0 saturated carbocycles. The summed E-state index contributed by atoms with van der Waals surface area (Å²) in [6, 6.07) is 14.9. The van der Waals surface area contributed by atoms with Crippen LogP contribution in [-0.2, 0) is 9.59 Å². The highest BCUT2D eigenvalue weighted by Gasteiger charge is 2.35. The minimum absolute atomic E-state index is 0.0369. The second-order valence-corrected chi connectivity index (χ2v) is 5.91. The van der Waals surface area contributed by atoms with Gasteiger partial charge in [-0.2, -0.15) is 0 Å². The lowest BCUT2D eigenvalue weighted by Gasteiger charge is -2.17. The third kappa shape index (κ3) is 3.25. The summed E-state index contributed by atoms with van der Waals surface area (Å²) in [5, 5.41) is 2.93. The first-order valence-corrected chi connectivity index (χ1v) is 7.89. The predicted octanol–water partition coefficient (Wildman–Crippen LogP) is 3.00. The maximum absolute atomic E-state index is 12.5. The van der Waals surface area contributed by atoms with Gasteiger partial charge in [0.25, 0.3) is 0 Å². The van der Waals surface area contributed by atoms with E-state index in [0.717, 1.165) is 22.7 Å². The van der Waals surface area contributed by atoms with Crippen LogP contribution in [0.2, 0.25) is 0 Å². The van der Waals surface area contributed by atoms with Crippen LogP contribution in [0, 0.1) is 12.8 Å². The van der Waals surface area contributed by atoms with E-state index in [-0.39, 0.29) is 24.2 Å². The zero-order chi connectivity index (χ0) is 17.1. The van der Waals surface area contributed by atoms with Crippen LogP contribution in [0.5, 0.6) is 5.75 Å². The van der Waals surface area contributed by atoms with Crippen LogP contribution in [0.3, 0.4) is 0 Å². The topological polar surface area (TPSA) is 58.6 Å². The van der Waals surface area contributed by atoms with E-state index in [1.165, 1.54) is 0 Å². The number of rotatable bonds is 4. The average Bonchev–Trinajstić information content (AvgIpc) is 2.99. The monoisotopic (exact) mass is 324 g/mol. The summed E-state index contributed by atoms with van der Waals surface area (Å²) >= 11 is 0. The fraction of sp³-hybridized carbons (Fsp3) is 0.263. The predicted molar refractivity (Wildman–Crippen MR) is 93.3 cm³/mol. The number of nitrogens with zero attached hydrogens (tertiary/aromatic N) is 1. The van der Waals surface area contributed by atoms with Crippen molar-refractivity contribution in [3.63, 3.8) is 0 Å². The quantitative estimate of drug-likeness (QED) is 0.940. The SMILES string of the molecule is COc1ccc(N2C[C@@H](C(=O)Nc3ccccc3C)CC2=O)cc1. The lowest BCUT2D eigenvalue weighted by molar-refractivity contribution is -0.122. The molecule has 0 aliphatic carbocycles. The minimum Gasteiger partial charge on any atom is -0.497 e. The zero-order valence-electron chi connectivity index (χ0n) is 13.8. The van der Waals surface area contributed by atoms with Gasteiger partial charge in [-0.15, -0.1) is 0 Å². The fourth-order valence-electron chi connectivity index (χ4n) is 2.84. The van der Waals surface area contributed by atoms with Crippen LogP contribution >= 0.6 is 0 Å². The molecule has 1 aliphatic heterocycles. The Bertz CT molecular complexity index is 755. The highest BCUT2D eigenvalue weighted by Crippen LogP contribution is 2.27. The third-order valence-electron chi connectivity index (χ3n) is 4.28. The molecule has 2 aromatic carbocycles. The number of nitrogens with one attached hydrogen (secondary N) is 1. The van der Waals surface area contributed by atoms with Gasteiger partial charge in [0.2, 0.25) is 11.8 Å². The molecule has 1 aliphatic rings. The second kappa shape index (κ2) is 6.74. The standard InChI is InChI=1S/C19H20N2O3/c1-13-5-3-4-6-17(13)20-19(23)14-11-18(22)21(12-14)15-7-9-16(24-2)10-8-15/h3-10,14H,11-12H2,1-2H3,(H,20,23)/t14-/m0/s1. The normalized spacial score (nSPS) is 17.0. The lowest BCUT2D eigenvalue weighted by atomic mass is 10.1. The van der Waals surface area contributed by atoms with Gasteiger partial charge in [0.15, 0.2) is 0 Å². The van der Waals surface area contributed by atoms with E-state index >= 15 is 0 Å². The number of anilines is 2. The summed E-state index contributed by atoms with van der Waals surface area (Å²) in [7, 11) is 1.60. The number of methoxy groups -OCH3 is 1. The number of carbonyl (C=O) groups excluding carboxylic acids is 2. The molecule has 0 aromatic heterocycles. The average molecular weight is 324 g/mol. The van der Waals surface area contributed by atoms with Gasteiger partial charge in [0.05, 0.1) is 13.0 Å². The molecule has 1 atom stereocenters. The Kier molecular flexibility index (Phi) is 4.51. The summed E-state index contributed by atoms with van der Waals surface area (Å²) in [4.78, 5) is 26.4. The molecule has 1 heterocycles. The molecular weight excluding hydrogens is 304 g/mol. The maximum Gasteiger partial charge on any atom is 0.229 e. The molecule has 124 valence electrons. The summed E-state index contributed by atoms with van der Waals surface area (Å²) in [6.07, 6.45) is 0.226. The van der Waals surface area contributed by atoms with Gasteiger partial charge in [0.1, 0.15) is 5.75 Å². The molecule has 0 unspecified atom stereocenters. The van der Waals surface area contributed by atoms with Gasteiger partial charge in [-0.1, -0.05) is 18.2 Å². The molecule has 2 amide bonds. The van der Waals surface area contributed by atoms with E-state index in [1.807, 2.05) is 55.5 Å². The van der Waals surface area contributed by atoms with Crippen LogP contribution < -0.4 is 15.0 Å². The Balaban J connectivity index is 1.69. The fourth-order valence-corrected chi connectivity index (χ4v) is 2.84. The molecule has 24 heavy (non-hydrogen) atoms. The molecule has 5 nitrogen and oxygen atoms in total. The van der Waals surface area contributed by atoms with E-state index in [2.05, 4.69) is 5.32 Å². The Morgan fingerprint density at radius 2 is 1.88 bits per heavy atom. The summed E-state index contributed by atoms with van der Waals surface area (Å²) in [5.41, 5.74) is 2.58. The summed E-state index contributed by atoms with van der Waals surface area (Å²) in [6.45, 7) is 2.34. The first kappa shape index (κ1) is 16.1. The Hall–Kier alpha value is -2.82. The van der Waals surface area contributed by atoms with E-state index in [0.29, 0.717) is 6.54 Å². The molecule has 0 radical (unpaired) electrons. The molecule has 3 rings (SSSR count). The van der Waals surface area contributed by atoms with Crippen LogP contribution in [0.4, 0.5) is 11.4 Å². The van der Waals surface area contributed by atoms with Crippen molar-refractivity contribution < 1.29 is 14.3 Å². The summed E-state index contributed by atoms with van der Waals surface area (Å²) in [5.74, 6) is 0.234. The smallest absolute Gasteiger partial charge is 0.229 e. The number of carbonyl (C=O) groups is 2. The molecule has 1 saturated heterocycles. The van der Waals surface area contributed by atoms with Crippen LogP contribution in [0.25, 0.3) is 0 Å². The van der Waals surface area contributed by atoms with Crippen molar-refractivity contribution in [2.24, 2.45) is 5.92 Å². The molecule has 5 heteroatoms. The van der Waals surface area contributed by atoms with E-state index in [9.17, 15) is 9.59 Å². The number of hydrogen-bond acceptors (Lipinski definition) is 3. The van der Waals surface area contributed by atoms with Gasteiger partial charge in [-0.3, -0.25) is 9.59 Å². The van der Waals surface area contributed by atoms with Gasteiger partial charge < -0.3 is 15.0 Å². The van der Waals surface area contributed by atoms with Crippen molar-refractivity contribution in [3.8, 4) is 5.75 Å². The largest absolute Gasteiger partial charge is 0.497 e. The lowest BCUT2D eigenvalue weighted by Crippen LogP contribution is -2.28. The maximum atomic E-state index is 12.5. The van der Waals surface area contributed by atoms with E-state index in [4.69, 9.17) is 4.74 Å². The van der Waals surface area contributed by atoms with E-state index < -0.39 is 0 Å². The van der Waals surface area contributed by atoms with Gasteiger partial charge in [0, 0.05) is 24.3 Å². The molecule has 2 aromatic rings. The number of benzene rings is 2. The van der Waals surface area contributed by atoms with Crippen molar-refractivity contribution in [1.29, 1.82) is 0 Å². The van der Waals surface area contributed by atoms with Crippen LogP contribution in [0.15, 0.2) is 48.5 Å². The van der Waals surface area contributed by atoms with Crippen molar-refractivity contribution >= 4 is 23.2 Å². The highest BCUT2D eigenvalue weighted by molar-refractivity contribution is 6.03. The number of ether oxygens (including phenoxy) is 1. The van der Waals surface area contributed by atoms with Crippen molar-refractivity contribution in [2.45, 2.75) is 13.3 Å². The van der Waals surface area contributed by atoms with Gasteiger partial charge in [-0.25, -0.2) is 0 Å². The molecule has 1 fully saturated rings. The van der Waals surface area contributed by atoms with Crippen LogP contribution in [-0.4, -0.2) is 25.5 Å². The molecular formula is C19H20N2O3. The number of amides is 2. The highest BCUT2D eigenvalue weighted by atomic mass is 16.5. The number of aryl methyl sites for hydroxylation is 1. The Morgan fingerprint density at radius 3 is 2.54 bits per heavy atom. The molecule has 1 N–H and O–H groups in total. The Morgan fingerprint density at radius 1 is 1.17 bits per heavy atom. The zero-order valence-corrected chi connectivity index (χ0v) is 13.8. The van der Waals surface area contributed by atoms with Crippen molar-refractivity contribution in [3.05, 3.63) is 54.1 Å². The second-order valence-electron chi connectivity index (χ2n) is 5.91. The first-order valence-electron chi connectivity index (χ1n) is 7.89. The molecule has 0 spiro atoms. The van der Waals surface area contributed by atoms with E-state index in [1.54, 1.807) is 12.0 Å². The van der Waals surface area contributed by atoms with Crippen molar-refractivity contribution in [1.82, 2.24) is 0 Å². The summed E-state index contributed by atoms with van der Waals surface area (Å²) < 4.78 is 5.13. The van der Waals surface area contributed by atoms with Crippen LogP contribution in [0.1, 0.15) is 12.0 Å². The van der Waals surface area contributed by atoms with Gasteiger partial charge in [-0.05, 0) is 42.8 Å². The number of para-hydroxylation sites is 1. The van der Waals surface area contributed by atoms with Crippen molar-refractivity contribution in [2.75, 3.05) is 23.9 Å². The first-order chi connectivity index (χ1) is 11.6. The van der Waals surface area contributed by atoms with Gasteiger partial charge >= 0.3 is 0 Å². The molecule has 0 bridgehead atoms. The third-order valence-corrected chi connectivity index (χ3v) is 4.28. The minimum atomic E-state index is -0.348. The Labute approximate surface area is 141 Å². The number of hydrogen-bond donors (Lipinski definition) is 1.